The van der Waals surface area contributed by atoms with Gasteiger partial charge in [0.25, 0.3) is 17.6 Å². The Morgan fingerprint density at radius 1 is 1.03 bits per heavy atom. The molecule has 1 aliphatic rings. The molecule has 0 aromatic heterocycles. The zero-order valence-corrected chi connectivity index (χ0v) is 14.7. The summed E-state index contributed by atoms with van der Waals surface area (Å²) in [6.45, 7) is -1.36. The Kier molecular flexibility index (Phi) is 5.35. The number of amides is 2. The molecule has 3 rings (SSSR count). The Labute approximate surface area is 162 Å². The van der Waals surface area contributed by atoms with Crippen molar-refractivity contribution in [2.45, 2.75) is 6.18 Å². The first-order valence-electron chi connectivity index (χ1n) is 8.25. The first-order valence-corrected chi connectivity index (χ1v) is 8.25. The number of ketones is 1. The maximum atomic E-state index is 12.7. The number of hydrogen-bond acceptors (Lipinski definition) is 5. The number of anilines is 2. The van der Waals surface area contributed by atoms with Gasteiger partial charge in [0.15, 0.2) is 6.61 Å². The van der Waals surface area contributed by atoms with Crippen molar-refractivity contribution in [1.29, 1.82) is 0 Å². The minimum absolute atomic E-state index is 0.116. The summed E-state index contributed by atoms with van der Waals surface area (Å²) < 4.78 is 42.8. The summed E-state index contributed by atoms with van der Waals surface area (Å²) in [6.07, 6.45) is -4.57. The number of halogens is 3. The molecule has 0 spiro atoms. The maximum Gasteiger partial charge on any atom is 0.416 e. The number of benzene rings is 2. The Hall–Kier alpha value is -3.69. The Morgan fingerprint density at radius 3 is 2.48 bits per heavy atom. The zero-order chi connectivity index (χ0) is 21.2. The molecule has 1 aliphatic heterocycles. The van der Waals surface area contributed by atoms with Crippen LogP contribution in [0.3, 0.4) is 0 Å². The quantitative estimate of drug-likeness (QED) is 0.608. The largest absolute Gasteiger partial charge is 0.454 e. The monoisotopic (exact) mass is 406 g/mol. The van der Waals surface area contributed by atoms with Crippen molar-refractivity contribution >= 4 is 34.9 Å². The second-order valence-electron chi connectivity index (χ2n) is 6.02. The molecule has 1 N–H and O–H groups in total. The van der Waals surface area contributed by atoms with E-state index in [1.54, 1.807) is 12.1 Å². The van der Waals surface area contributed by atoms with Crippen LogP contribution in [-0.2, 0) is 25.3 Å². The van der Waals surface area contributed by atoms with E-state index in [9.17, 15) is 32.3 Å². The standard InChI is InChI=1S/C19H13F3N2O5/c20-19(21,22)11-4-3-5-12(8-11)23-15(25)10-29-16(26)9-24-14-7-2-1-6-13(14)17(27)18(24)28/h1-8H,9-10H2,(H,23,25). The van der Waals surface area contributed by atoms with E-state index in [1.807, 2.05) is 0 Å². The Bertz CT molecular complexity index is 1000. The van der Waals surface area contributed by atoms with Gasteiger partial charge in [0.1, 0.15) is 6.54 Å². The lowest BCUT2D eigenvalue weighted by Crippen LogP contribution is -2.36. The van der Waals surface area contributed by atoms with Crippen LogP contribution in [0.2, 0.25) is 0 Å². The van der Waals surface area contributed by atoms with E-state index in [-0.39, 0.29) is 16.9 Å². The third-order valence-corrected chi connectivity index (χ3v) is 4.00. The van der Waals surface area contributed by atoms with Crippen LogP contribution in [0.5, 0.6) is 0 Å². The van der Waals surface area contributed by atoms with Gasteiger partial charge in [-0.1, -0.05) is 18.2 Å². The van der Waals surface area contributed by atoms with E-state index in [4.69, 9.17) is 4.74 Å². The fourth-order valence-electron chi connectivity index (χ4n) is 2.70. The van der Waals surface area contributed by atoms with Crippen molar-refractivity contribution in [3.63, 3.8) is 0 Å². The van der Waals surface area contributed by atoms with E-state index < -0.39 is 48.5 Å². The van der Waals surface area contributed by atoms with Gasteiger partial charge in [-0.05, 0) is 30.3 Å². The van der Waals surface area contributed by atoms with Crippen LogP contribution in [0.1, 0.15) is 15.9 Å². The molecule has 0 saturated carbocycles. The number of para-hydroxylation sites is 1. The third-order valence-electron chi connectivity index (χ3n) is 4.00. The van der Waals surface area contributed by atoms with Crippen LogP contribution in [0.4, 0.5) is 24.5 Å². The minimum Gasteiger partial charge on any atom is -0.454 e. The van der Waals surface area contributed by atoms with Crippen molar-refractivity contribution in [2.75, 3.05) is 23.4 Å². The number of fused-ring (bicyclic) bond motifs is 1. The van der Waals surface area contributed by atoms with Gasteiger partial charge in [0, 0.05) is 5.69 Å². The number of esters is 1. The van der Waals surface area contributed by atoms with Crippen LogP contribution in [-0.4, -0.2) is 36.7 Å². The number of rotatable bonds is 5. The first-order chi connectivity index (χ1) is 13.7. The van der Waals surface area contributed by atoms with Crippen LogP contribution in [0.25, 0.3) is 0 Å². The van der Waals surface area contributed by atoms with Crippen LogP contribution < -0.4 is 10.2 Å². The molecule has 2 aromatic carbocycles. The first kappa shape index (κ1) is 20.1. The van der Waals surface area contributed by atoms with E-state index >= 15 is 0 Å². The highest BCUT2D eigenvalue weighted by Gasteiger charge is 2.36. The molecule has 7 nitrogen and oxygen atoms in total. The number of nitrogens with zero attached hydrogens (tertiary/aromatic N) is 1. The molecule has 0 atom stereocenters. The van der Waals surface area contributed by atoms with Gasteiger partial charge < -0.3 is 10.1 Å². The van der Waals surface area contributed by atoms with Gasteiger partial charge in [-0.25, -0.2) is 0 Å². The van der Waals surface area contributed by atoms with Gasteiger partial charge in [0.2, 0.25) is 0 Å². The molecule has 0 bridgehead atoms. The molecule has 0 aliphatic carbocycles. The van der Waals surface area contributed by atoms with Crippen LogP contribution in [0, 0.1) is 0 Å². The second-order valence-corrected chi connectivity index (χ2v) is 6.02. The van der Waals surface area contributed by atoms with Crippen molar-refractivity contribution in [1.82, 2.24) is 0 Å². The average molecular weight is 406 g/mol. The van der Waals surface area contributed by atoms with Gasteiger partial charge in [0.05, 0.1) is 16.8 Å². The van der Waals surface area contributed by atoms with E-state index in [0.717, 1.165) is 23.1 Å². The lowest BCUT2D eigenvalue weighted by atomic mass is 10.1. The zero-order valence-electron chi connectivity index (χ0n) is 14.7. The van der Waals surface area contributed by atoms with Gasteiger partial charge in [-0.2, -0.15) is 13.2 Å². The highest BCUT2D eigenvalue weighted by molar-refractivity contribution is 6.52. The number of carbonyl (C=O) groups excluding carboxylic acids is 4. The van der Waals surface area contributed by atoms with Crippen molar-refractivity contribution in [2.24, 2.45) is 0 Å². The topological polar surface area (TPSA) is 92.8 Å². The molecule has 150 valence electrons. The van der Waals surface area contributed by atoms with Crippen LogP contribution in [0.15, 0.2) is 48.5 Å². The predicted molar refractivity (Wildman–Crippen MR) is 94.2 cm³/mol. The van der Waals surface area contributed by atoms with Crippen molar-refractivity contribution < 1.29 is 37.1 Å². The minimum atomic E-state index is -4.57. The molecular weight excluding hydrogens is 393 g/mol. The summed E-state index contributed by atoms with van der Waals surface area (Å²) in [6, 6.07) is 10.1. The molecule has 0 fully saturated rings. The molecule has 29 heavy (non-hydrogen) atoms. The fraction of sp³-hybridized carbons (Fsp3) is 0.158. The molecule has 2 amide bonds. The fourth-order valence-corrected chi connectivity index (χ4v) is 2.70. The van der Waals surface area contributed by atoms with Gasteiger partial charge in [-0.3, -0.25) is 24.1 Å². The lowest BCUT2D eigenvalue weighted by molar-refractivity contribution is -0.146. The highest BCUT2D eigenvalue weighted by Crippen LogP contribution is 2.30. The summed E-state index contributed by atoms with van der Waals surface area (Å²) in [7, 11) is 0. The van der Waals surface area contributed by atoms with E-state index in [2.05, 4.69) is 5.32 Å². The van der Waals surface area contributed by atoms with Crippen molar-refractivity contribution in [3.8, 4) is 0 Å². The van der Waals surface area contributed by atoms with Gasteiger partial charge in [-0.15, -0.1) is 0 Å². The smallest absolute Gasteiger partial charge is 0.416 e. The molecule has 0 unspecified atom stereocenters. The average Bonchev–Trinajstić information content (AvgIpc) is 2.91. The molecule has 1 heterocycles. The normalized spacial score (nSPS) is 13.3. The van der Waals surface area contributed by atoms with Crippen molar-refractivity contribution in [3.05, 3.63) is 59.7 Å². The summed E-state index contributed by atoms with van der Waals surface area (Å²) in [5.41, 5.74) is -0.640. The molecular formula is C19H13F3N2O5. The van der Waals surface area contributed by atoms with E-state index in [0.29, 0.717) is 0 Å². The predicted octanol–water partition coefficient (Wildman–Crippen LogP) is 2.42. The number of carbonyl (C=O) groups is 4. The number of alkyl halides is 3. The number of nitrogens with one attached hydrogen (secondary N) is 1. The molecule has 2 aromatic rings. The molecule has 0 saturated heterocycles. The molecule has 0 radical (unpaired) electrons. The highest BCUT2D eigenvalue weighted by atomic mass is 19.4. The SMILES string of the molecule is O=C(COC(=O)CN1C(=O)C(=O)c2ccccc21)Nc1cccc(C(F)(F)F)c1. The number of Topliss-reactive ketones (excluding diaryl/α,β-unsaturated/α-hetero) is 1. The summed E-state index contributed by atoms with van der Waals surface area (Å²) in [5, 5.41) is 2.18. The third kappa shape index (κ3) is 4.42. The summed E-state index contributed by atoms with van der Waals surface area (Å²) in [4.78, 5) is 48.6. The lowest BCUT2D eigenvalue weighted by Gasteiger charge is -2.15. The Balaban J connectivity index is 1.56. The van der Waals surface area contributed by atoms with E-state index in [1.165, 1.54) is 18.2 Å². The second kappa shape index (κ2) is 7.74. The maximum absolute atomic E-state index is 12.7. The van der Waals surface area contributed by atoms with Gasteiger partial charge >= 0.3 is 12.1 Å². The summed E-state index contributed by atoms with van der Waals surface area (Å²) in [5.74, 6) is -3.46. The summed E-state index contributed by atoms with van der Waals surface area (Å²) >= 11 is 0. The molecule has 10 heteroatoms. The van der Waals surface area contributed by atoms with Crippen LogP contribution >= 0.6 is 0 Å². The number of hydrogen-bond donors (Lipinski definition) is 1. The number of ether oxygens (including phenoxy) is 1. The Morgan fingerprint density at radius 2 is 1.76 bits per heavy atom.